The summed E-state index contributed by atoms with van der Waals surface area (Å²) >= 11 is 0. The van der Waals surface area contributed by atoms with E-state index in [0.29, 0.717) is 29.9 Å². The number of carboxylic acid groups (broad SMARTS) is 1. The van der Waals surface area contributed by atoms with Gasteiger partial charge in [-0.25, -0.2) is 9.78 Å². The Hall–Kier alpha value is -3.41. The number of hydrogen-bond donors (Lipinski definition) is 1. The van der Waals surface area contributed by atoms with Crippen LogP contribution in [0.25, 0.3) is 17.3 Å². The van der Waals surface area contributed by atoms with E-state index in [1.807, 2.05) is 24.3 Å². The number of rotatable bonds is 5. The van der Waals surface area contributed by atoms with Crippen molar-refractivity contribution in [2.24, 2.45) is 0 Å². The summed E-state index contributed by atoms with van der Waals surface area (Å²) in [7, 11) is 0. The van der Waals surface area contributed by atoms with E-state index in [1.54, 1.807) is 6.07 Å². The Bertz CT molecular complexity index is 1180. The van der Waals surface area contributed by atoms with Gasteiger partial charge >= 0.3 is 5.97 Å². The fraction of sp³-hybridized carbons (Fsp3) is 0.261. The molecule has 1 N–H and O–H groups in total. The maximum Gasteiger partial charge on any atom is 0.337 e. The van der Waals surface area contributed by atoms with E-state index in [0.717, 1.165) is 36.1 Å². The van der Waals surface area contributed by atoms with Gasteiger partial charge in [-0.05, 0) is 67.2 Å². The summed E-state index contributed by atoms with van der Waals surface area (Å²) in [6.07, 6.45) is 6.68. The molecule has 0 bridgehead atoms. The third kappa shape index (κ3) is 3.78. The van der Waals surface area contributed by atoms with Crippen molar-refractivity contribution in [1.82, 2.24) is 9.38 Å². The Balaban J connectivity index is 1.79. The summed E-state index contributed by atoms with van der Waals surface area (Å²) < 4.78 is 7.05. The molecule has 0 atom stereocenters. The van der Waals surface area contributed by atoms with Crippen LogP contribution in [0.4, 0.5) is 0 Å². The summed E-state index contributed by atoms with van der Waals surface area (Å²) in [6, 6.07) is 10.9. The van der Waals surface area contributed by atoms with Gasteiger partial charge in [-0.2, -0.15) is 0 Å². The number of fused-ring (bicyclic) bond motifs is 2. The number of allylic oxidation sites excluding steroid dienone is 1. The largest absolute Gasteiger partial charge is 0.494 e. The third-order valence-electron chi connectivity index (χ3n) is 5.01. The van der Waals surface area contributed by atoms with Crippen LogP contribution in [0.15, 0.2) is 47.4 Å². The number of aromatic nitrogens is 2. The summed E-state index contributed by atoms with van der Waals surface area (Å²) in [5.74, 6) is -0.243. The van der Waals surface area contributed by atoms with Crippen LogP contribution in [0.3, 0.4) is 0 Å². The normalized spacial score (nSPS) is 14.7. The number of ether oxygens (including phenoxy) is 1. The van der Waals surface area contributed by atoms with Crippen molar-refractivity contribution in [2.45, 2.75) is 32.6 Å². The lowest BCUT2D eigenvalue weighted by Gasteiger charge is -2.19. The first-order valence-corrected chi connectivity index (χ1v) is 9.79. The Morgan fingerprint density at radius 3 is 2.93 bits per heavy atom. The molecule has 2 aromatic heterocycles. The van der Waals surface area contributed by atoms with Crippen molar-refractivity contribution in [3.8, 4) is 5.75 Å². The van der Waals surface area contributed by atoms with Crippen molar-refractivity contribution in [3.05, 3.63) is 75.3 Å². The molecule has 1 aliphatic carbocycles. The lowest BCUT2D eigenvalue weighted by Crippen LogP contribution is -2.25. The SMILES string of the molecule is CCCOc1cccc(C=C2CCCc3c2nc2ccc(C(=O)O)cn2c3=O)c1. The number of pyridine rings is 1. The van der Waals surface area contributed by atoms with Gasteiger partial charge in [-0.15, -0.1) is 0 Å². The predicted octanol–water partition coefficient (Wildman–Crippen LogP) is 4.06. The Morgan fingerprint density at radius 1 is 1.28 bits per heavy atom. The van der Waals surface area contributed by atoms with E-state index < -0.39 is 5.97 Å². The van der Waals surface area contributed by atoms with Crippen LogP contribution < -0.4 is 10.3 Å². The smallest absolute Gasteiger partial charge is 0.337 e. The second-order valence-corrected chi connectivity index (χ2v) is 7.14. The molecule has 0 saturated carbocycles. The lowest BCUT2D eigenvalue weighted by atomic mass is 9.90. The maximum absolute atomic E-state index is 13.0. The second-order valence-electron chi connectivity index (χ2n) is 7.14. The standard InChI is InChI=1S/C23H22N2O4/c1-2-11-29-18-7-3-5-15(13-18)12-16-6-4-8-19-21(16)24-20-10-9-17(23(27)28)14-25(20)22(19)26/h3,5,7,9-10,12-14H,2,4,6,8,11H2,1H3,(H,27,28). The van der Waals surface area contributed by atoms with Crippen molar-refractivity contribution >= 4 is 23.3 Å². The predicted molar refractivity (Wildman–Crippen MR) is 111 cm³/mol. The van der Waals surface area contributed by atoms with Crippen molar-refractivity contribution in [1.29, 1.82) is 0 Å². The average Bonchev–Trinajstić information content (AvgIpc) is 2.73. The molecular weight excluding hydrogens is 368 g/mol. The molecule has 1 aromatic carbocycles. The summed E-state index contributed by atoms with van der Waals surface area (Å²) in [4.78, 5) is 28.9. The average molecular weight is 390 g/mol. The van der Waals surface area contributed by atoms with Gasteiger partial charge in [-0.1, -0.05) is 19.1 Å². The molecule has 4 rings (SSSR count). The van der Waals surface area contributed by atoms with Crippen LogP contribution in [-0.4, -0.2) is 27.1 Å². The zero-order valence-corrected chi connectivity index (χ0v) is 16.2. The summed E-state index contributed by atoms with van der Waals surface area (Å²) in [6.45, 7) is 2.74. The molecule has 0 unspecified atom stereocenters. The minimum absolute atomic E-state index is 0.0665. The number of hydrogen-bond acceptors (Lipinski definition) is 4. The zero-order chi connectivity index (χ0) is 20.4. The lowest BCUT2D eigenvalue weighted by molar-refractivity contribution is 0.0696. The first-order valence-electron chi connectivity index (χ1n) is 9.79. The van der Waals surface area contributed by atoms with E-state index >= 15 is 0 Å². The molecule has 1 aliphatic rings. The van der Waals surface area contributed by atoms with Gasteiger partial charge in [0, 0.05) is 11.8 Å². The molecule has 0 saturated heterocycles. The number of nitrogens with zero attached hydrogens (tertiary/aromatic N) is 2. The Morgan fingerprint density at radius 2 is 2.14 bits per heavy atom. The van der Waals surface area contributed by atoms with Gasteiger partial charge in [0.15, 0.2) is 0 Å². The highest BCUT2D eigenvalue weighted by Gasteiger charge is 2.21. The number of carboxylic acids is 1. The van der Waals surface area contributed by atoms with Crippen LogP contribution in [0, 0.1) is 0 Å². The van der Waals surface area contributed by atoms with Crippen LogP contribution in [0.5, 0.6) is 5.75 Å². The van der Waals surface area contributed by atoms with Crippen molar-refractivity contribution < 1.29 is 14.6 Å². The summed E-state index contributed by atoms with van der Waals surface area (Å²) in [5, 5.41) is 9.20. The molecule has 0 amide bonds. The first kappa shape index (κ1) is 18.9. The highest BCUT2D eigenvalue weighted by Crippen LogP contribution is 2.30. The quantitative estimate of drug-likeness (QED) is 0.711. The molecule has 148 valence electrons. The fourth-order valence-corrected chi connectivity index (χ4v) is 3.62. The molecule has 0 fully saturated rings. The fourth-order valence-electron chi connectivity index (χ4n) is 3.62. The number of aromatic carboxylic acids is 1. The molecular formula is C23H22N2O4. The van der Waals surface area contributed by atoms with E-state index in [4.69, 9.17) is 9.72 Å². The van der Waals surface area contributed by atoms with Crippen LogP contribution in [-0.2, 0) is 6.42 Å². The molecule has 0 aliphatic heterocycles. The summed E-state index contributed by atoms with van der Waals surface area (Å²) in [5.41, 5.74) is 3.69. The van der Waals surface area contributed by atoms with Crippen LogP contribution in [0.1, 0.15) is 53.4 Å². The van der Waals surface area contributed by atoms with Gasteiger partial charge in [0.05, 0.1) is 17.9 Å². The van der Waals surface area contributed by atoms with E-state index in [1.165, 1.54) is 16.7 Å². The van der Waals surface area contributed by atoms with Gasteiger partial charge in [0.1, 0.15) is 11.4 Å². The van der Waals surface area contributed by atoms with Gasteiger partial charge in [0.25, 0.3) is 5.56 Å². The molecule has 0 radical (unpaired) electrons. The molecule has 0 spiro atoms. The van der Waals surface area contributed by atoms with Crippen LogP contribution >= 0.6 is 0 Å². The van der Waals surface area contributed by atoms with E-state index in [9.17, 15) is 14.7 Å². The monoisotopic (exact) mass is 390 g/mol. The molecule has 2 heterocycles. The third-order valence-corrected chi connectivity index (χ3v) is 5.01. The highest BCUT2D eigenvalue weighted by atomic mass is 16.5. The van der Waals surface area contributed by atoms with Crippen molar-refractivity contribution in [3.63, 3.8) is 0 Å². The Labute approximate surface area is 168 Å². The number of carbonyl (C=O) groups is 1. The molecule has 29 heavy (non-hydrogen) atoms. The maximum atomic E-state index is 13.0. The number of benzene rings is 1. The molecule has 6 nitrogen and oxygen atoms in total. The second kappa shape index (κ2) is 7.91. The first-order chi connectivity index (χ1) is 14.1. The minimum atomic E-state index is -1.07. The van der Waals surface area contributed by atoms with Gasteiger partial charge in [0.2, 0.25) is 0 Å². The topological polar surface area (TPSA) is 80.9 Å². The van der Waals surface area contributed by atoms with Crippen molar-refractivity contribution in [2.75, 3.05) is 6.61 Å². The van der Waals surface area contributed by atoms with Gasteiger partial charge < -0.3 is 9.84 Å². The van der Waals surface area contributed by atoms with Crippen LogP contribution in [0.2, 0.25) is 0 Å². The van der Waals surface area contributed by atoms with Gasteiger partial charge in [-0.3, -0.25) is 9.20 Å². The highest BCUT2D eigenvalue weighted by molar-refractivity contribution is 5.88. The zero-order valence-electron chi connectivity index (χ0n) is 16.2. The molecule has 6 heteroatoms. The van der Waals surface area contributed by atoms with E-state index in [2.05, 4.69) is 13.0 Å². The van der Waals surface area contributed by atoms with E-state index in [-0.39, 0.29) is 11.1 Å². The molecule has 3 aromatic rings. The Kier molecular flexibility index (Phi) is 5.16. The minimum Gasteiger partial charge on any atom is -0.494 e.